The van der Waals surface area contributed by atoms with Gasteiger partial charge in [-0.2, -0.15) is 0 Å². The summed E-state index contributed by atoms with van der Waals surface area (Å²) in [5.41, 5.74) is 0.279. The average Bonchev–Trinajstić information content (AvgIpc) is 3.12. The van der Waals surface area contributed by atoms with Crippen molar-refractivity contribution in [1.29, 1.82) is 0 Å². The Kier molecular flexibility index (Phi) is 5.73. The van der Waals surface area contributed by atoms with E-state index in [1.165, 1.54) is 11.0 Å². The number of amides is 2. The highest BCUT2D eigenvalue weighted by Gasteiger charge is 2.39. The monoisotopic (exact) mass is 398 g/mol. The van der Waals surface area contributed by atoms with Crippen LogP contribution in [0.15, 0.2) is 18.2 Å². The van der Waals surface area contributed by atoms with Crippen LogP contribution in [0, 0.1) is 5.92 Å². The number of halogens is 2. The van der Waals surface area contributed by atoms with Crippen LogP contribution >= 0.6 is 23.2 Å². The van der Waals surface area contributed by atoms with Crippen LogP contribution in [-0.4, -0.2) is 58.4 Å². The fourth-order valence-corrected chi connectivity index (χ4v) is 4.04. The van der Waals surface area contributed by atoms with E-state index in [0.717, 1.165) is 6.42 Å². The maximum absolute atomic E-state index is 12.9. The van der Waals surface area contributed by atoms with Crippen molar-refractivity contribution in [3.8, 4) is 0 Å². The van der Waals surface area contributed by atoms with Crippen LogP contribution in [0.2, 0.25) is 10.0 Å². The van der Waals surface area contributed by atoms with Gasteiger partial charge in [-0.05, 0) is 43.9 Å². The van der Waals surface area contributed by atoms with Crippen molar-refractivity contribution < 1.29 is 19.5 Å². The number of carboxylic acids is 1. The predicted molar refractivity (Wildman–Crippen MR) is 97.5 cm³/mol. The fraction of sp³-hybridized carbons (Fsp3) is 0.500. The minimum Gasteiger partial charge on any atom is -0.481 e. The number of nitrogens with zero attached hydrogens (tertiary/aromatic N) is 2. The summed E-state index contributed by atoms with van der Waals surface area (Å²) in [4.78, 5) is 40.2. The Bertz CT molecular complexity index is 740. The highest BCUT2D eigenvalue weighted by atomic mass is 35.5. The zero-order valence-electron chi connectivity index (χ0n) is 14.2. The van der Waals surface area contributed by atoms with Gasteiger partial charge in [0.1, 0.15) is 6.04 Å². The van der Waals surface area contributed by atoms with Gasteiger partial charge in [0.25, 0.3) is 5.91 Å². The summed E-state index contributed by atoms with van der Waals surface area (Å²) >= 11 is 12.1. The van der Waals surface area contributed by atoms with Gasteiger partial charge in [-0.1, -0.05) is 23.2 Å². The van der Waals surface area contributed by atoms with Gasteiger partial charge in [0.15, 0.2) is 0 Å². The molecule has 0 spiro atoms. The molecule has 0 aliphatic carbocycles. The molecule has 2 atom stereocenters. The van der Waals surface area contributed by atoms with Crippen LogP contribution in [0.1, 0.15) is 36.0 Å². The molecule has 2 saturated heterocycles. The minimum absolute atomic E-state index is 0.181. The molecule has 26 heavy (non-hydrogen) atoms. The van der Waals surface area contributed by atoms with Gasteiger partial charge >= 0.3 is 5.97 Å². The van der Waals surface area contributed by atoms with E-state index < -0.39 is 17.9 Å². The lowest BCUT2D eigenvalue weighted by molar-refractivity contribution is -0.146. The predicted octanol–water partition coefficient (Wildman–Crippen LogP) is 2.92. The Morgan fingerprint density at radius 1 is 1.08 bits per heavy atom. The molecule has 0 bridgehead atoms. The molecule has 3 rings (SSSR count). The van der Waals surface area contributed by atoms with Crippen molar-refractivity contribution in [1.82, 2.24) is 9.80 Å². The third-order valence-electron chi connectivity index (χ3n) is 5.04. The molecule has 140 valence electrons. The number of rotatable bonds is 3. The van der Waals surface area contributed by atoms with Crippen molar-refractivity contribution in [2.45, 2.75) is 31.7 Å². The van der Waals surface area contributed by atoms with Gasteiger partial charge in [-0.25, -0.2) is 0 Å². The largest absolute Gasteiger partial charge is 0.481 e. The Hall–Kier alpha value is -1.79. The molecule has 2 amide bonds. The van der Waals surface area contributed by atoms with Crippen LogP contribution in [0.3, 0.4) is 0 Å². The lowest BCUT2D eigenvalue weighted by atomic mass is 9.97. The first-order chi connectivity index (χ1) is 12.4. The SMILES string of the molecule is O=C(O)[C@H]1CCCN(C(=O)C2CCCN2C(=O)c2cc(Cl)ccc2Cl)C1. The number of carbonyl (C=O) groups excluding carboxylic acids is 2. The van der Waals surface area contributed by atoms with E-state index in [0.29, 0.717) is 42.4 Å². The van der Waals surface area contributed by atoms with Crippen molar-refractivity contribution >= 4 is 41.0 Å². The van der Waals surface area contributed by atoms with Crippen LogP contribution in [-0.2, 0) is 9.59 Å². The molecule has 2 aliphatic rings. The second-order valence-corrected chi connectivity index (χ2v) is 7.59. The van der Waals surface area contributed by atoms with E-state index in [9.17, 15) is 19.5 Å². The quantitative estimate of drug-likeness (QED) is 0.848. The number of benzene rings is 1. The number of likely N-dealkylation sites (tertiary alicyclic amines) is 2. The van der Waals surface area contributed by atoms with Gasteiger partial charge in [0.05, 0.1) is 16.5 Å². The summed E-state index contributed by atoms with van der Waals surface area (Å²) in [5.74, 6) is -1.92. The molecule has 1 N–H and O–H groups in total. The Morgan fingerprint density at radius 2 is 1.81 bits per heavy atom. The van der Waals surface area contributed by atoms with Crippen LogP contribution in [0.5, 0.6) is 0 Å². The normalized spacial score (nSPS) is 23.2. The number of piperidine rings is 1. The van der Waals surface area contributed by atoms with Crippen molar-refractivity contribution in [3.05, 3.63) is 33.8 Å². The first kappa shape index (κ1) is 19.0. The highest BCUT2D eigenvalue weighted by molar-refractivity contribution is 6.35. The third kappa shape index (κ3) is 3.81. The molecule has 2 fully saturated rings. The van der Waals surface area contributed by atoms with E-state index >= 15 is 0 Å². The number of carboxylic acid groups (broad SMARTS) is 1. The van der Waals surface area contributed by atoms with Gasteiger partial charge < -0.3 is 14.9 Å². The number of aliphatic carboxylic acids is 1. The summed E-state index contributed by atoms with van der Waals surface area (Å²) in [6.45, 7) is 1.19. The minimum atomic E-state index is -0.882. The van der Waals surface area contributed by atoms with Gasteiger partial charge in [0, 0.05) is 24.7 Å². The smallest absolute Gasteiger partial charge is 0.308 e. The molecule has 6 nitrogen and oxygen atoms in total. The molecular formula is C18H20Cl2N2O4. The standard InChI is InChI=1S/C18H20Cl2N2O4/c19-12-5-6-14(20)13(9-12)16(23)22-8-2-4-15(22)17(24)21-7-1-3-11(10-21)18(25)26/h5-6,9,11,15H,1-4,7-8,10H2,(H,25,26)/t11-,15?/m0/s1. The molecular weight excluding hydrogens is 379 g/mol. The van der Waals surface area contributed by atoms with E-state index in [1.807, 2.05) is 0 Å². The molecule has 8 heteroatoms. The van der Waals surface area contributed by atoms with E-state index in [2.05, 4.69) is 0 Å². The molecule has 0 saturated carbocycles. The van der Waals surface area contributed by atoms with E-state index in [1.54, 1.807) is 17.0 Å². The van der Waals surface area contributed by atoms with Gasteiger partial charge in [-0.15, -0.1) is 0 Å². The van der Waals surface area contributed by atoms with E-state index in [-0.39, 0.29) is 23.9 Å². The Labute approximate surface area is 161 Å². The fourth-order valence-electron chi connectivity index (χ4n) is 3.67. The zero-order valence-corrected chi connectivity index (χ0v) is 15.7. The summed E-state index contributed by atoms with van der Waals surface area (Å²) in [5, 5.41) is 9.91. The van der Waals surface area contributed by atoms with Crippen LogP contribution < -0.4 is 0 Å². The third-order valence-corrected chi connectivity index (χ3v) is 5.60. The van der Waals surface area contributed by atoms with Crippen molar-refractivity contribution in [3.63, 3.8) is 0 Å². The van der Waals surface area contributed by atoms with Gasteiger partial charge in [-0.3, -0.25) is 14.4 Å². The summed E-state index contributed by atoms with van der Waals surface area (Å²) in [6.07, 6.45) is 2.52. The molecule has 2 heterocycles. The summed E-state index contributed by atoms with van der Waals surface area (Å²) < 4.78 is 0. The Balaban J connectivity index is 1.77. The average molecular weight is 399 g/mol. The summed E-state index contributed by atoms with van der Waals surface area (Å²) in [6, 6.07) is 4.09. The second-order valence-electron chi connectivity index (χ2n) is 6.74. The zero-order chi connectivity index (χ0) is 18.8. The first-order valence-electron chi connectivity index (χ1n) is 8.66. The molecule has 0 radical (unpaired) electrons. The maximum atomic E-state index is 12.9. The first-order valence-corrected chi connectivity index (χ1v) is 9.41. The molecule has 1 aromatic rings. The second kappa shape index (κ2) is 7.84. The van der Waals surface area contributed by atoms with Crippen LogP contribution in [0.4, 0.5) is 0 Å². The molecule has 2 aliphatic heterocycles. The topological polar surface area (TPSA) is 77.9 Å². The lowest BCUT2D eigenvalue weighted by Crippen LogP contribution is -2.51. The van der Waals surface area contributed by atoms with Gasteiger partial charge in [0.2, 0.25) is 5.91 Å². The lowest BCUT2D eigenvalue weighted by Gasteiger charge is -2.35. The summed E-state index contributed by atoms with van der Waals surface area (Å²) in [7, 11) is 0. The highest BCUT2D eigenvalue weighted by Crippen LogP contribution is 2.28. The number of carbonyl (C=O) groups is 3. The Morgan fingerprint density at radius 3 is 2.54 bits per heavy atom. The molecule has 0 aromatic heterocycles. The maximum Gasteiger partial charge on any atom is 0.308 e. The van der Waals surface area contributed by atoms with Crippen LogP contribution in [0.25, 0.3) is 0 Å². The van der Waals surface area contributed by atoms with Crippen molar-refractivity contribution in [2.24, 2.45) is 5.92 Å². The number of hydrogen-bond donors (Lipinski definition) is 1. The molecule has 1 aromatic carbocycles. The van der Waals surface area contributed by atoms with E-state index in [4.69, 9.17) is 23.2 Å². The number of hydrogen-bond acceptors (Lipinski definition) is 3. The van der Waals surface area contributed by atoms with Crippen molar-refractivity contribution in [2.75, 3.05) is 19.6 Å². The molecule has 1 unspecified atom stereocenters.